The summed E-state index contributed by atoms with van der Waals surface area (Å²) < 4.78 is 22.9. The van der Waals surface area contributed by atoms with Crippen molar-refractivity contribution in [3.63, 3.8) is 0 Å². The van der Waals surface area contributed by atoms with Crippen LogP contribution < -0.4 is 10.9 Å². The van der Waals surface area contributed by atoms with E-state index in [1.54, 1.807) is 0 Å². The molecule has 0 spiro atoms. The van der Waals surface area contributed by atoms with E-state index in [9.17, 15) is 28.1 Å². The fourth-order valence-corrected chi connectivity index (χ4v) is 4.59. The smallest absolute Gasteiger partial charge is 0.273 e. The minimum atomic E-state index is -3.07. The van der Waals surface area contributed by atoms with Crippen LogP contribution in [0, 0.1) is 16.0 Å². The molecule has 1 fully saturated rings. The zero-order chi connectivity index (χ0) is 17.9. The Morgan fingerprint density at radius 1 is 1.33 bits per heavy atom. The maximum atomic E-state index is 11.9. The Hall–Kier alpha value is -2.01. The topological polar surface area (TPSA) is 135 Å². The van der Waals surface area contributed by atoms with Crippen molar-refractivity contribution in [3.8, 4) is 0 Å². The van der Waals surface area contributed by atoms with E-state index in [4.69, 9.17) is 0 Å². The van der Waals surface area contributed by atoms with E-state index in [-0.39, 0.29) is 39.6 Å². The van der Waals surface area contributed by atoms with Gasteiger partial charge >= 0.3 is 0 Å². The van der Waals surface area contributed by atoms with Gasteiger partial charge in [-0.25, -0.2) is 8.42 Å². The monoisotopic (exact) mass is 419 g/mol. The summed E-state index contributed by atoms with van der Waals surface area (Å²) in [5, 5.41) is 10.8. The molecule has 11 heteroatoms. The number of sulfone groups is 1. The second-order valence-electron chi connectivity index (χ2n) is 5.40. The van der Waals surface area contributed by atoms with Crippen LogP contribution in [0.15, 0.2) is 22.7 Å². The van der Waals surface area contributed by atoms with E-state index in [0.29, 0.717) is 6.42 Å². The number of hydrogen-bond acceptors (Lipinski definition) is 6. The molecule has 0 aromatic heterocycles. The Kier molecular flexibility index (Phi) is 5.54. The Morgan fingerprint density at radius 3 is 2.62 bits per heavy atom. The van der Waals surface area contributed by atoms with Gasteiger partial charge in [-0.1, -0.05) is 0 Å². The number of nitrogens with zero attached hydrogens (tertiary/aromatic N) is 1. The van der Waals surface area contributed by atoms with E-state index in [0.717, 1.165) is 6.07 Å². The normalized spacial score (nSPS) is 18.8. The summed E-state index contributed by atoms with van der Waals surface area (Å²) in [6.45, 7) is 0. The molecule has 0 radical (unpaired) electrons. The molecule has 9 nitrogen and oxygen atoms in total. The molecular formula is C13H14BrN3O6S. The lowest BCUT2D eigenvalue weighted by atomic mass is 10.1. The molecule has 0 saturated carbocycles. The van der Waals surface area contributed by atoms with Crippen molar-refractivity contribution in [2.75, 3.05) is 11.5 Å². The van der Waals surface area contributed by atoms with Gasteiger partial charge in [-0.3, -0.25) is 30.6 Å². The van der Waals surface area contributed by atoms with Gasteiger partial charge in [0, 0.05) is 18.1 Å². The van der Waals surface area contributed by atoms with Crippen LogP contribution >= 0.6 is 15.9 Å². The summed E-state index contributed by atoms with van der Waals surface area (Å²) >= 11 is 3.01. The zero-order valence-corrected chi connectivity index (χ0v) is 14.7. The zero-order valence-electron chi connectivity index (χ0n) is 12.3. The SMILES string of the molecule is O=C(CC1CCS(=O)(=O)C1)NNC(=O)c1ccc(Br)c([N+](=O)[O-])c1. The molecule has 1 heterocycles. The van der Waals surface area contributed by atoms with Crippen molar-refractivity contribution >= 4 is 43.3 Å². The molecule has 1 aromatic carbocycles. The first-order chi connectivity index (χ1) is 11.2. The van der Waals surface area contributed by atoms with Crippen molar-refractivity contribution in [2.45, 2.75) is 12.8 Å². The molecule has 24 heavy (non-hydrogen) atoms. The van der Waals surface area contributed by atoms with Gasteiger partial charge in [0.15, 0.2) is 9.84 Å². The van der Waals surface area contributed by atoms with Crippen molar-refractivity contribution in [1.29, 1.82) is 0 Å². The molecule has 0 aliphatic carbocycles. The molecule has 1 atom stereocenters. The highest BCUT2D eigenvalue weighted by Gasteiger charge is 2.29. The number of nitro groups is 1. The first kappa shape index (κ1) is 18.3. The van der Waals surface area contributed by atoms with Gasteiger partial charge in [0.1, 0.15) is 0 Å². The summed E-state index contributed by atoms with van der Waals surface area (Å²) in [4.78, 5) is 33.8. The second-order valence-corrected chi connectivity index (χ2v) is 8.48. The maximum absolute atomic E-state index is 11.9. The Balaban J connectivity index is 1.90. The summed E-state index contributed by atoms with van der Waals surface area (Å²) in [5.41, 5.74) is 4.07. The van der Waals surface area contributed by atoms with Crippen LogP contribution in [0.3, 0.4) is 0 Å². The van der Waals surface area contributed by atoms with E-state index in [2.05, 4.69) is 26.8 Å². The van der Waals surface area contributed by atoms with Gasteiger partial charge in [-0.2, -0.15) is 0 Å². The number of nitro benzene ring substituents is 1. The summed E-state index contributed by atoms with van der Waals surface area (Å²) in [7, 11) is -3.07. The first-order valence-electron chi connectivity index (χ1n) is 6.91. The fourth-order valence-electron chi connectivity index (χ4n) is 2.34. The van der Waals surface area contributed by atoms with Crippen molar-refractivity contribution in [3.05, 3.63) is 38.3 Å². The third-order valence-electron chi connectivity index (χ3n) is 3.52. The number of halogens is 1. The van der Waals surface area contributed by atoms with Crippen molar-refractivity contribution < 1.29 is 22.9 Å². The van der Waals surface area contributed by atoms with Crippen LogP contribution in [-0.2, 0) is 14.6 Å². The van der Waals surface area contributed by atoms with Crippen LogP contribution in [0.1, 0.15) is 23.2 Å². The van der Waals surface area contributed by atoms with Crippen molar-refractivity contribution in [2.24, 2.45) is 5.92 Å². The summed E-state index contributed by atoms with van der Waals surface area (Å²) in [6.07, 6.45) is 0.405. The molecule has 1 aliphatic heterocycles. The van der Waals surface area contributed by atoms with Gasteiger partial charge in [-0.05, 0) is 40.4 Å². The molecule has 0 bridgehead atoms. The predicted octanol–water partition coefficient (Wildman–Crippen LogP) is 0.943. The lowest BCUT2D eigenvalue weighted by Crippen LogP contribution is -2.42. The van der Waals surface area contributed by atoms with Gasteiger partial charge in [0.25, 0.3) is 11.6 Å². The standard InChI is InChI=1S/C13H14BrN3O6S/c14-10-2-1-9(6-11(10)17(20)21)13(19)16-15-12(18)5-8-3-4-24(22,23)7-8/h1-2,6,8H,3-5,7H2,(H,15,18)(H,16,19). The lowest BCUT2D eigenvalue weighted by Gasteiger charge is -2.10. The third kappa shape index (κ3) is 4.74. The molecule has 1 saturated heterocycles. The second kappa shape index (κ2) is 7.26. The van der Waals surface area contributed by atoms with E-state index in [1.165, 1.54) is 12.1 Å². The van der Waals surface area contributed by atoms with Gasteiger partial charge in [0.2, 0.25) is 5.91 Å². The molecule has 1 unspecified atom stereocenters. The predicted molar refractivity (Wildman–Crippen MR) is 87.8 cm³/mol. The molecular weight excluding hydrogens is 406 g/mol. The highest BCUT2D eigenvalue weighted by molar-refractivity contribution is 9.10. The molecule has 2 N–H and O–H groups in total. The molecule has 2 rings (SSSR count). The number of benzene rings is 1. The quantitative estimate of drug-likeness (QED) is 0.550. The molecule has 130 valence electrons. The number of hydrazine groups is 1. The van der Waals surface area contributed by atoms with Crippen LogP contribution in [0.25, 0.3) is 0 Å². The van der Waals surface area contributed by atoms with Crippen LogP contribution in [0.4, 0.5) is 5.69 Å². The molecule has 1 aromatic rings. The number of carbonyl (C=O) groups is 2. The van der Waals surface area contributed by atoms with Crippen molar-refractivity contribution in [1.82, 2.24) is 10.9 Å². The fraction of sp³-hybridized carbons (Fsp3) is 0.385. The van der Waals surface area contributed by atoms with Crippen LogP contribution in [0.5, 0.6) is 0 Å². The van der Waals surface area contributed by atoms with Gasteiger partial charge < -0.3 is 0 Å². The Bertz CT molecular complexity index is 795. The number of carbonyl (C=O) groups excluding carboxylic acids is 2. The third-order valence-corrected chi connectivity index (χ3v) is 6.03. The lowest BCUT2D eigenvalue weighted by molar-refractivity contribution is -0.385. The van der Waals surface area contributed by atoms with Gasteiger partial charge in [-0.15, -0.1) is 0 Å². The van der Waals surface area contributed by atoms with Crippen LogP contribution in [0.2, 0.25) is 0 Å². The maximum Gasteiger partial charge on any atom is 0.284 e. The minimum absolute atomic E-state index is 0.00800. The molecule has 2 amide bonds. The Labute approximate surface area is 146 Å². The highest BCUT2D eigenvalue weighted by atomic mass is 79.9. The number of nitrogens with one attached hydrogen (secondary N) is 2. The number of hydrogen-bond donors (Lipinski definition) is 2. The average Bonchev–Trinajstić information content (AvgIpc) is 2.83. The largest absolute Gasteiger partial charge is 0.284 e. The average molecular weight is 420 g/mol. The minimum Gasteiger partial charge on any atom is -0.273 e. The number of amides is 2. The summed E-state index contributed by atoms with van der Waals surface area (Å²) in [5.74, 6) is -1.46. The molecule has 1 aliphatic rings. The Morgan fingerprint density at radius 2 is 2.04 bits per heavy atom. The van der Waals surface area contributed by atoms with Crippen LogP contribution in [-0.4, -0.2) is 36.7 Å². The van der Waals surface area contributed by atoms with E-state index in [1.807, 2.05) is 0 Å². The first-order valence-corrected chi connectivity index (χ1v) is 9.53. The van der Waals surface area contributed by atoms with E-state index >= 15 is 0 Å². The highest BCUT2D eigenvalue weighted by Crippen LogP contribution is 2.25. The number of rotatable bonds is 4. The van der Waals surface area contributed by atoms with Gasteiger partial charge in [0.05, 0.1) is 20.9 Å². The summed E-state index contributed by atoms with van der Waals surface area (Å²) in [6, 6.07) is 3.80. The van der Waals surface area contributed by atoms with E-state index < -0.39 is 26.6 Å².